The van der Waals surface area contributed by atoms with E-state index in [0.717, 1.165) is 58.5 Å². The molecule has 1 amide bonds. The first kappa shape index (κ1) is 25.6. The molecule has 0 radical (unpaired) electrons. The number of halogens is 2. The molecule has 2 fully saturated rings. The molecule has 0 spiro atoms. The molecule has 1 aromatic carbocycles. The van der Waals surface area contributed by atoms with E-state index in [1.54, 1.807) is 0 Å². The fourth-order valence-electron chi connectivity index (χ4n) is 4.50. The number of likely N-dealkylation sites (tertiary alicyclic amines) is 1. The quantitative estimate of drug-likeness (QED) is 0.676. The van der Waals surface area contributed by atoms with Crippen molar-refractivity contribution in [3.05, 3.63) is 47.8 Å². The van der Waals surface area contributed by atoms with Gasteiger partial charge in [0.1, 0.15) is 0 Å². The van der Waals surface area contributed by atoms with Crippen LogP contribution in [0.25, 0.3) is 0 Å². The van der Waals surface area contributed by atoms with Gasteiger partial charge in [-0.05, 0) is 57.3 Å². The predicted molar refractivity (Wildman–Crippen MR) is 127 cm³/mol. The second-order valence-corrected chi connectivity index (χ2v) is 8.28. The number of rotatable bonds is 7. The Hall–Kier alpha value is -1.67. The van der Waals surface area contributed by atoms with E-state index in [1.165, 1.54) is 5.56 Å². The van der Waals surface area contributed by atoms with Crippen molar-refractivity contribution in [2.24, 2.45) is 5.92 Å². The Morgan fingerprint density at radius 2 is 1.90 bits per heavy atom. The van der Waals surface area contributed by atoms with E-state index in [4.69, 9.17) is 0 Å². The largest absolute Gasteiger partial charge is 0.337 e. The van der Waals surface area contributed by atoms with E-state index >= 15 is 0 Å². The maximum atomic E-state index is 13.0. The van der Waals surface area contributed by atoms with Gasteiger partial charge in [0.05, 0.1) is 12.2 Å². The molecule has 172 valence electrons. The van der Waals surface area contributed by atoms with Gasteiger partial charge in [-0.1, -0.05) is 35.5 Å². The van der Waals surface area contributed by atoms with Gasteiger partial charge in [0, 0.05) is 26.2 Å². The van der Waals surface area contributed by atoms with Crippen molar-refractivity contribution < 1.29 is 4.79 Å². The summed E-state index contributed by atoms with van der Waals surface area (Å²) >= 11 is 0. The molecule has 3 heterocycles. The number of carbonyl (C=O) groups excluding carboxylic acids is 1. The van der Waals surface area contributed by atoms with Gasteiger partial charge >= 0.3 is 0 Å². The number of nitrogens with one attached hydrogen (secondary N) is 1. The molecule has 0 saturated carbocycles. The van der Waals surface area contributed by atoms with E-state index in [1.807, 2.05) is 22.7 Å². The summed E-state index contributed by atoms with van der Waals surface area (Å²) in [6.07, 6.45) is 5.05. The van der Waals surface area contributed by atoms with Gasteiger partial charge in [-0.25, -0.2) is 4.68 Å². The second kappa shape index (κ2) is 12.4. The van der Waals surface area contributed by atoms with Gasteiger partial charge in [0.2, 0.25) is 0 Å². The molecule has 1 aromatic heterocycles. The number of benzene rings is 1. The number of nitrogens with zero attached hydrogens (tertiary/aromatic N) is 5. The van der Waals surface area contributed by atoms with Crippen LogP contribution in [0.5, 0.6) is 0 Å². The van der Waals surface area contributed by atoms with Crippen LogP contribution in [0, 0.1) is 5.92 Å². The molecular formula is C22H34Cl2N6O. The monoisotopic (exact) mass is 468 g/mol. The van der Waals surface area contributed by atoms with Crippen LogP contribution in [0.1, 0.15) is 48.3 Å². The molecular weight excluding hydrogens is 435 g/mol. The van der Waals surface area contributed by atoms with Crippen molar-refractivity contribution >= 4 is 30.7 Å². The third-order valence-corrected chi connectivity index (χ3v) is 6.18. The minimum atomic E-state index is 0. The van der Waals surface area contributed by atoms with Crippen LogP contribution in [-0.4, -0.2) is 70.0 Å². The molecule has 9 heteroatoms. The Balaban J connectivity index is 0.00000171. The van der Waals surface area contributed by atoms with E-state index in [-0.39, 0.29) is 30.7 Å². The SMILES string of the molecule is CCN(CC1CCN(Cc2ccccc2)C1)C(=O)c1cn(C2CCNCC2)nn1.Cl.Cl. The lowest BCUT2D eigenvalue weighted by Gasteiger charge is -2.24. The third-order valence-electron chi connectivity index (χ3n) is 6.18. The average molecular weight is 469 g/mol. The highest BCUT2D eigenvalue weighted by Gasteiger charge is 2.27. The third kappa shape index (κ3) is 6.65. The van der Waals surface area contributed by atoms with Gasteiger partial charge < -0.3 is 10.2 Å². The minimum absolute atomic E-state index is 0. The summed E-state index contributed by atoms with van der Waals surface area (Å²) < 4.78 is 1.89. The summed E-state index contributed by atoms with van der Waals surface area (Å²) in [5, 5.41) is 11.8. The normalized spacial score (nSPS) is 19.5. The molecule has 7 nitrogen and oxygen atoms in total. The topological polar surface area (TPSA) is 66.3 Å². The van der Waals surface area contributed by atoms with Crippen LogP contribution in [0.3, 0.4) is 0 Å². The number of piperidine rings is 1. The Bertz CT molecular complexity index is 796. The number of amides is 1. The first-order chi connectivity index (χ1) is 14.2. The zero-order valence-corrected chi connectivity index (χ0v) is 19.8. The zero-order chi connectivity index (χ0) is 20.1. The molecule has 1 atom stereocenters. The van der Waals surface area contributed by atoms with Gasteiger partial charge in [-0.2, -0.15) is 0 Å². The lowest BCUT2D eigenvalue weighted by Crippen LogP contribution is -2.36. The number of carbonyl (C=O) groups is 1. The summed E-state index contributed by atoms with van der Waals surface area (Å²) in [5.74, 6) is 0.524. The first-order valence-electron chi connectivity index (χ1n) is 10.9. The molecule has 0 aliphatic carbocycles. The van der Waals surface area contributed by atoms with Crippen molar-refractivity contribution in [2.45, 2.75) is 38.8 Å². The zero-order valence-electron chi connectivity index (χ0n) is 18.2. The summed E-state index contributed by atoms with van der Waals surface area (Å²) in [6, 6.07) is 11.0. The van der Waals surface area contributed by atoms with Gasteiger partial charge in [0.25, 0.3) is 5.91 Å². The summed E-state index contributed by atoms with van der Waals surface area (Å²) in [5.41, 5.74) is 1.83. The van der Waals surface area contributed by atoms with Crippen LogP contribution in [0.15, 0.2) is 36.5 Å². The Morgan fingerprint density at radius 1 is 1.16 bits per heavy atom. The van der Waals surface area contributed by atoms with Gasteiger partial charge in [0.15, 0.2) is 5.69 Å². The van der Waals surface area contributed by atoms with Crippen LogP contribution in [0.2, 0.25) is 0 Å². The van der Waals surface area contributed by atoms with Crippen LogP contribution in [0.4, 0.5) is 0 Å². The van der Waals surface area contributed by atoms with Crippen LogP contribution < -0.4 is 5.32 Å². The first-order valence-corrected chi connectivity index (χ1v) is 10.9. The molecule has 1 unspecified atom stereocenters. The standard InChI is InChI=1S/C22H32N6O.2ClH/c1-2-27(16-19-10-13-26(15-19)14-18-6-4-3-5-7-18)22(29)21-17-28(25-24-21)20-8-11-23-12-9-20;;/h3-7,17,19-20,23H,2,8-16H2,1H3;2*1H. The van der Waals surface area contributed by atoms with Crippen molar-refractivity contribution in [3.63, 3.8) is 0 Å². The highest BCUT2D eigenvalue weighted by molar-refractivity contribution is 5.91. The molecule has 1 N–H and O–H groups in total. The molecule has 2 aliphatic rings. The van der Waals surface area contributed by atoms with Crippen molar-refractivity contribution in [2.75, 3.05) is 39.3 Å². The summed E-state index contributed by atoms with van der Waals surface area (Å²) in [4.78, 5) is 17.4. The molecule has 2 aliphatic heterocycles. The van der Waals surface area contributed by atoms with Crippen molar-refractivity contribution in [3.8, 4) is 0 Å². The van der Waals surface area contributed by atoms with Gasteiger partial charge in [-0.15, -0.1) is 29.9 Å². The highest BCUT2D eigenvalue weighted by atomic mass is 35.5. The van der Waals surface area contributed by atoms with E-state index in [9.17, 15) is 4.79 Å². The fraction of sp³-hybridized carbons (Fsp3) is 0.591. The second-order valence-electron chi connectivity index (χ2n) is 8.28. The van der Waals surface area contributed by atoms with Crippen molar-refractivity contribution in [1.82, 2.24) is 30.1 Å². The number of hydrogen-bond acceptors (Lipinski definition) is 5. The minimum Gasteiger partial charge on any atom is -0.337 e. The lowest BCUT2D eigenvalue weighted by molar-refractivity contribution is 0.0732. The lowest BCUT2D eigenvalue weighted by atomic mass is 10.1. The molecule has 0 bridgehead atoms. The maximum Gasteiger partial charge on any atom is 0.276 e. The van der Waals surface area contributed by atoms with E-state index in [2.05, 4.69) is 50.9 Å². The average Bonchev–Trinajstić information content (AvgIpc) is 3.43. The van der Waals surface area contributed by atoms with E-state index < -0.39 is 0 Å². The van der Waals surface area contributed by atoms with Crippen molar-refractivity contribution in [1.29, 1.82) is 0 Å². The Kier molecular flexibility index (Phi) is 10.2. The van der Waals surface area contributed by atoms with E-state index in [0.29, 0.717) is 24.2 Å². The smallest absolute Gasteiger partial charge is 0.276 e. The Morgan fingerprint density at radius 3 is 2.61 bits per heavy atom. The maximum absolute atomic E-state index is 13.0. The van der Waals surface area contributed by atoms with Crippen LogP contribution in [-0.2, 0) is 6.54 Å². The summed E-state index contributed by atoms with van der Waals surface area (Å²) in [6.45, 7) is 8.66. The van der Waals surface area contributed by atoms with Gasteiger partial charge in [-0.3, -0.25) is 9.69 Å². The molecule has 31 heavy (non-hydrogen) atoms. The van der Waals surface area contributed by atoms with Crippen LogP contribution >= 0.6 is 24.8 Å². The molecule has 4 rings (SSSR count). The highest BCUT2D eigenvalue weighted by Crippen LogP contribution is 2.21. The predicted octanol–water partition coefficient (Wildman–Crippen LogP) is 3.03. The summed E-state index contributed by atoms with van der Waals surface area (Å²) in [7, 11) is 0. The number of hydrogen-bond donors (Lipinski definition) is 1. The molecule has 2 aromatic rings. The Labute approximate surface area is 197 Å². The molecule has 2 saturated heterocycles. The number of aromatic nitrogens is 3. The fourth-order valence-corrected chi connectivity index (χ4v) is 4.50.